The van der Waals surface area contributed by atoms with Gasteiger partial charge in [-0.3, -0.25) is 58.0 Å². The second kappa shape index (κ2) is 39.0. The minimum absolute atomic E-state index is 0.0259. The highest BCUT2D eigenvalue weighted by atomic mass is 19.1. The number of hydrogen-bond acceptors (Lipinski definition) is 16. The van der Waals surface area contributed by atoms with E-state index in [0.29, 0.717) is 41.9 Å². The number of carboxylic acids is 3. The topological polar surface area (TPSA) is 401 Å². The highest BCUT2D eigenvalue weighted by Gasteiger charge is 2.29. The first-order valence-electron chi connectivity index (χ1n) is 28.3. The molecule has 8 amide bonds. The zero-order chi connectivity index (χ0) is 63.5. The number of nitrogens with two attached hydrogens (primary N) is 1. The second-order valence-electron chi connectivity index (χ2n) is 20.0. The number of aliphatic carboxylic acids is 3. The molecule has 3 aromatic rings. The Kier molecular flexibility index (Phi) is 31.7. The molecular weight excluding hydrogens is 1150 g/mol. The van der Waals surface area contributed by atoms with Gasteiger partial charge >= 0.3 is 30.0 Å². The Labute approximate surface area is 501 Å². The lowest BCUT2D eigenvalue weighted by atomic mass is 9.90. The quantitative estimate of drug-likeness (QED) is 0.0158. The molecule has 1 heterocycles. The number of phenols is 1. The lowest BCUT2D eigenvalue weighted by Crippen LogP contribution is -2.49. The second-order valence-corrected chi connectivity index (χ2v) is 20.0. The molecule has 87 heavy (non-hydrogen) atoms. The van der Waals surface area contributed by atoms with Crippen molar-refractivity contribution in [1.29, 1.82) is 0 Å². The average molecular weight is 1230 g/mol. The Hall–Kier alpha value is -8.78. The SMILES string of the molecule is CCC(=O)NCCNC(=O)/N=C(/N)NCCC[C@@H](NC(=O)[C@H](c1ccccc1)c1cccc(OCCCCNC(=O)NCCONC(=O)CN2CCN(CC(=O)O)CCN(CC(=O)O)CCN(CC(=O)O)CC2)c1)C(=O)NCc1c(F)cc(O)cc1F. The highest BCUT2D eigenvalue weighted by Crippen LogP contribution is 2.28. The number of unbranched alkanes of at least 4 members (excludes halogenated alkanes) is 1. The van der Waals surface area contributed by atoms with E-state index < -0.39 is 89.1 Å². The van der Waals surface area contributed by atoms with Crippen molar-refractivity contribution in [1.82, 2.24) is 62.3 Å². The number of aromatic hydroxyl groups is 1. The van der Waals surface area contributed by atoms with Crippen molar-refractivity contribution >= 4 is 59.6 Å². The van der Waals surface area contributed by atoms with Gasteiger partial charge in [-0.2, -0.15) is 4.99 Å². The number of carbonyl (C=O) groups excluding carboxylic acids is 6. The number of guanidine groups is 1. The summed E-state index contributed by atoms with van der Waals surface area (Å²) in [6.07, 6.45) is 1.45. The number of aliphatic imine (C=N–C) groups is 1. The Morgan fingerprint density at radius 1 is 0.598 bits per heavy atom. The molecule has 29 nitrogen and oxygen atoms in total. The number of hydroxylamine groups is 1. The molecule has 0 spiro atoms. The van der Waals surface area contributed by atoms with Gasteiger partial charge in [-0.25, -0.2) is 23.9 Å². The molecule has 2 atom stereocenters. The van der Waals surface area contributed by atoms with Crippen LogP contribution < -0.4 is 53.2 Å². The van der Waals surface area contributed by atoms with E-state index in [9.17, 15) is 72.4 Å². The van der Waals surface area contributed by atoms with E-state index in [1.165, 1.54) is 0 Å². The number of urea groups is 2. The van der Waals surface area contributed by atoms with Crippen LogP contribution in [0.3, 0.4) is 0 Å². The van der Waals surface area contributed by atoms with Crippen LogP contribution in [0.25, 0.3) is 0 Å². The summed E-state index contributed by atoms with van der Waals surface area (Å²) in [6, 6.07) is 14.4. The smallest absolute Gasteiger partial charge is 0.344 e. The summed E-state index contributed by atoms with van der Waals surface area (Å²) in [4.78, 5) is 128. The van der Waals surface area contributed by atoms with Crippen LogP contribution in [0.1, 0.15) is 61.6 Å². The molecule has 0 unspecified atom stereocenters. The number of amides is 8. The van der Waals surface area contributed by atoms with Crippen LogP contribution in [-0.2, 0) is 44.9 Å². The van der Waals surface area contributed by atoms with Crippen LogP contribution in [0, 0.1) is 11.6 Å². The summed E-state index contributed by atoms with van der Waals surface area (Å²) >= 11 is 0. The third-order valence-corrected chi connectivity index (χ3v) is 13.2. The molecule has 1 fully saturated rings. The monoisotopic (exact) mass is 1230 g/mol. The van der Waals surface area contributed by atoms with E-state index in [1.54, 1.807) is 81.1 Å². The van der Waals surface area contributed by atoms with Crippen LogP contribution >= 0.6 is 0 Å². The molecule has 31 heteroatoms. The molecule has 1 aliphatic rings. The summed E-state index contributed by atoms with van der Waals surface area (Å²) in [6.45, 7) is 2.63. The van der Waals surface area contributed by atoms with Gasteiger partial charge in [0, 0.05) is 116 Å². The number of carboxylic acid groups (broad SMARTS) is 3. The van der Waals surface area contributed by atoms with Gasteiger partial charge in [0.1, 0.15) is 29.2 Å². The van der Waals surface area contributed by atoms with Crippen molar-refractivity contribution < 1.29 is 81.9 Å². The van der Waals surface area contributed by atoms with E-state index >= 15 is 0 Å². The number of nitrogens with zero attached hydrogens (tertiary/aromatic N) is 5. The molecular formula is C56H80F2N14O15. The summed E-state index contributed by atoms with van der Waals surface area (Å²) in [7, 11) is 0. The molecule has 0 aromatic heterocycles. The van der Waals surface area contributed by atoms with Gasteiger partial charge in [-0.1, -0.05) is 49.4 Å². The zero-order valence-corrected chi connectivity index (χ0v) is 48.5. The lowest BCUT2D eigenvalue weighted by Gasteiger charge is -2.32. The third kappa shape index (κ3) is 28.8. The molecule has 4 rings (SSSR count). The van der Waals surface area contributed by atoms with E-state index in [-0.39, 0.29) is 156 Å². The predicted molar refractivity (Wildman–Crippen MR) is 311 cm³/mol. The van der Waals surface area contributed by atoms with Crippen LogP contribution in [0.15, 0.2) is 71.7 Å². The third-order valence-electron chi connectivity index (χ3n) is 13.2. The number of rotatable bonds is 33. The van der Waals surface area contributed by atoms with Crippen LogP contribution in [0.2, 0.25) is 0 Å². The fraction of sp³-hybridized carbons (Fsp3) is 0.500. The van der Waals surface area contributed by atoms with Crippen molar-refractivity contribution in [3.8, 4) is 11.5 Å². The maximum atomic E-state index is 14.7. The molecule has 0 bridgehead atoms. The van der Waals surface area contributed by atoms with Gasteiger partial charge in [0.25, 0.3) is 5.91 Å². The van der Waals surface area contributed by atoms with Gasteiger partial charge in [0.05, 0.1) is 45.3 Å². The summed E-state index contributed by atoms with van der Waals surface area (Å²) in [5.74, 6) is -8.98. The van der Waals surface area contributed by atoms with E-state index in [2.05, 4.69) is 47.7 Å². The normalized spacial score (nSPS) is 14.6. The Morgan fingerprint density at radius 3 is 1.74 bits per heavy atom. The van der Waals surface area contributed by atoms with Crippen molar-refractivity contribution in [3.63, 3.8) is 0 Å². The van der Waals surface area contributed by atoms with Gasteiger partial charge in [-0.05, 0) is 48.9 Å². The molecule has 3 aromatic carbocycles. The number of carbonyl (C=O) groups is 9. The molecule has 1 aliphatic heterocycles. The van der Waals surface area contributed by atoms with Gasteiger partial charge in [0.2, 0.25) is 17.7 Å². The van der Waals surface area contributed by atoms with Gasteiger partial charge in [0.15, 0.2) is 5.96 Å². The lowest BCUT2D eigenvalue weighted by molar-refractivity contribution is -0.141. The fourth-order valence-electron chi connectivity index (χ4n) is 8.76. The summed E-state index contributed by atoms with van der Waals surface area (Å²) in [5.41, 5.74) is 8.75. The minimum Gasteiger partial charge on any atom is -0.508 e. The average Bonchev–Trinajstić information content (AvgIpc) is 3.67. The molecule has 0 radical (unpaired) electrons. The van der Waals surface area contributed by atoms with Crippen molar-refractivity contribution in [3.05, 3.63) is 95.1 Å². The maximum Gasteiger partial charge on any atom is 0.344 e. The number of halogens is 2. The molecule has 0 saturated carbocycles. The molecule has 14 N–H and O–H groups in total. The van der Waals surface area contributed by atoms with Crippen molar-refractivity contribution in [2.45, 2.75) is 57.5 Å². The first kappa shape index (κ1) is 70.7. The molecule has 0 aliphatic carbocycles. The van der Waals surface area contributed by atoms with Crippen LogP contribution in [0.4, 0.5) is 18.4 Å². The Morgan fingerprint density at radius 2 is 1.15 bits per heavy atom. The number of hydrogen-bond donors (Lipinski definition) is 13. The van der Waals surface area contributed by atoms with Crippen molar-refractivity contribution in [2.24, 2.45) is 10.7 Å². The minimum atomic E-state index is -1.27. The Bertz CT molecular complexity index is 2720. The maximum absolute atomic E-state index is 14.7. The summed E-state index contributed by atoms with van der Waals surface area (Å²) in [5, 5.41) is 56.4. The Balaban J connectivity index is 1.26. The largest absolute Gasteiger partial charge is 0.508 e. The standard InChI is InChI=1S/C56H80F2N14O15/c1-2-46(74)60-17-18-63-56(85)67-54(59)61-16-9-14-45(52(82)65-33-42-43(57)31-40(73)32-44(42)58)66-53(83)51(38-10-4-3-5-11-38)39-12-8-13-41(30-39)86-28-7-6-15-62-55(84)64-19-29-87-68-47(75)34-69-20-22-70(35-48(76)77)24-26-72(37-50(80)81)27-25-71(23-21-69)36-49(78)79/h3-5,8,10-13,30-32,45,51,73H,2,6-7,9,14-29,33-37H2,1H3,(H,60,74)(H,65,82)(H,66,83)(H,68,75)(H,76,77)(H,78,79)(H,80,81)(H2,62,64,84)(H4,59,61,63,67,85)/t45-,51-/m1/s1. The van der Waals surface area contributed by atoms with E-state index in [4.69, 9.17) is 15.3 Å². The number of nitrogens with one attached hydrogen (secondary N) is 8. The molecule has 478 valence electrons. The first-order chi connectivity index (χ1) is 41.7. The predicted octanol–water partition coefficient (Wildman–Crippen LogP) is -0.495. The van der Waals surface area contributed by atoms with Gasteiger partial charge < -0.3 is 68.1 Å². The number of benzene rings is 3. The van der Waals surface area contributed by atoms with Crippen LogP contribution in [0.5, 0.6) is 11.5 Å². The van der Waals surface area contributed by atoms with E-state index in [0.717, 1.165) is 0 Å². The number of ether oxygens (including phenoxy) is 1. The zero-order valence-electron chi connectivity index (χ0n) is 48.5. The molecule has 1 saturated heterocycles. The van der Waals surface area contributed by atoms with Crippen molar-refractivity contribution in [2.75, 3.05) is 124 Å². The van der Waals surface area contributed by atoms with E-state index in [1.807, 2.05) is 0 Å². The fourth-order valence-corrected chi connectivity index (χ4v) is 8.76. The van der Waals surface area contributed by atoms with Gasteiger partial charge in [-0.15, -0.1) is 0 Å². The highest BCUT2D eigenvalue weighted by molar-refractivity contribution is 5.93. The number of phenolic OH excluding ortho intramolecular Hbond substituents is 1. The summed E-state index contributed by atoms with van der Waals surface area (Å²) < 4.78 is 35.4. The first-order valence-corrected chi connectivity index (χ1v) is 28.3. The van der Waals surface area contributed by atoms with Crippen LogP contribution in [-0.4, -0.2) is 230 Å².